The van der Waals surface area contributed by atoms with Gasteiger partial charge in [0.05, 0.1) is 6.04 Å². The minimum absolute atomic E-state index is 0.393. The molecule has 0 saturated carbocycles. The summed E-state index contributed by atoms with van der Waals surface area (Å²) in [7, 11) is 0. The normalized spacial score (nSPS) is 22.2. The van der Waals surface area contributed by atoms with Gasteiger partial charge in [-0.15, -0.1) is 0 Å². The van der Waals surface area contributed by atoms with Crippen molar-refractivity contribution in [2.24, 2.45) is 0 Å². The second-order valence-electron chi connectivity index (χ2n) is 6.87. The number of benzene rings is 2. The summed E-state index contributed by atoms with van der Waals surface area (Å²) in [4.78, 5) is 2.51. The Morgan fingerprint density at radius 3 is 2.35 bits per heavy atom. The first-order valence-electron chi connectivity index (χ1n) is 8.55. The lowest BCUT2D eigenvalue weighted by molar-refractivity contribution is 0.750. The van der Waals surface area contributed by atoms with Crippen molar-refractivity contribution in [2.45, 2.75) is 31.5 Å². The predicted octanol–water partition coefficient (Wildman–Crippen LogP) is 4.81. The van der Waals surface area contributed by atoms with Crippen molar-refractivity contribution < 1.29 is 0 Å². The Labute approximate surface area is 139 Å². The fourth-order valence-corrected chi connectivity index (χ4v) is 4.26. The maximum Gasteiger partial charge on any atom is 0.190 e. The van der Waals surface area contributed by atoms with Gasteiger partial charge in [-0.1, -0.05) is 85.8 Å². The SMILES string of the molecule is CC(C)B1c2ccccc2N(c2ccccc2)C2C=CC=CC12. The highest BCUT2D eigenvalue weighted by molar-refractivity contribution is 6.78. The van der Waals surface area contributed by atoms with Crippen LogP contribution in [0, 0.1) is 0 Å². The van der Waals surface area contributed by atoms with Crippen LogP contribution in [-0.2, 0) is 0 Å². The van der Waals surface area contributed by atoms with Crippen LogP contribution in [-0.4, -0.2) is 12.8 Å². The van der Waals surface area contributed by atoms with Crippen LogP contribution >= 0.6 is 0 Å². The van der Waals surface area contributed by atoms with Crippen LogP contribution in [0.2, 0.25) is 11.6 Å². The Bertz CT molecular complexity index is 747. The fraction of sp³-hybridized carbons (Fsp3) is 0.238. The van der Waals surface area contributed by atoms with E-state index in [0.29, 0.717) is 24.4 Å². The molecule has 2 heteroatoms. The maximum absolute atomic E-state index is 2.51. The van der Waals surface area contributed by atoms with E-state index in [2.05, 4.69) is 97.6 Å². The van der Waals surface area contributed by atoms with Gasteiger partial charge in [0.2, 0.25) is 0 Å². The molecule has 0 N–H and O–H groups in total. The van der Waals surface area contributed by atoms with Crippen molar-refractivity contribution >= 4 is 23.6 Å². The molecule has 1 aliphatic heterocycles. The van der Waals surface area contributed by atoms with Crippen molar-refractivity contribution in [3.8, 4) is 0 Å². The Morgan fingerprint density at radius 1 is 0.870 bits per heavy atom. The van der Waals surface area contributed by atoms with E-state index in [1.54, 1.807) is 0 Å². The highest BCUT2D eigenvalue weighted by atomic mass is 15.2. The summed E-state index contributed by atoms with van der Waals surface area (Å²) in [6.07, 6.45) is 9.18. The number of nitrogens with zero attached hydrogens (tertiary/aromatic N) is 1. The first-order valence-corrected chi connectivity index (χ1v) is 8.55. The average molecular weight is 299 g/mol. The van der Waals surface area contributed by atoms with Gasteiger partial charge in [0.1, 0.15) is 0 Å². The lowest BCUT2D eigenvalue weighted by Crippen LogP contribution is -2.54. The van der Waals surface area contributed by atoms with Crippen molar-refractivity contribution in [3.63, 3.8) is 0 Å². The van der Waals surface area contributed by atoms with Crippen molar-refractivity contribution in [1.29, 1.82) is 0 Å². The monoisotopic (exact) mass is 299 g/mol. The van der Waals surface area contributed by atoms with Crippen molar-refractivity contribution in [1.82, 2.24) is 0 Å². The molecule has 4 rings (SSSR count). The van der Waals surface area contributed by atoms with Crippen LogP contribution in [0.15, 0.2) is 78.9 Å². The topological polar surface area (TPSA) is 3.24 Å². The number of allylic oxidation sites excluding steroid dienone is 2. The maximum atomic E-state index is 2.51. The lowest BCUT2D eigenvalue weighted by atomic mass is 9.28. The molecular weight excluding hydrogens is 277 g/mol. The van der Waals surface area contributed by atoms with E-state index < -0.39 is 0 Å². The Balaban J connectivity index is 1.93. The van der Waals surface area contributed by atoms with Crippen LogP contribution in [0.5, 0.6) is 0 Å². The molecule has 23 heavy (non-hydrogen) atoms. The third kappa shape index (κ3) is 2.33. The van der Waals surface area contributed by atoms with Crippen LogP contribution in [0.1, 0.15) is 13.8 Å². The number of hydrogen-bond donors (Lipinski definition) is 0. The van der Waals surface area contributed by atoms with Crippen LogP contribution in [0.3, 0.4) is 0 Å². The van der Waals surface area contributed by atoms with Gasteiger partial charge in [-0.05, 0) is 24.0 Å². The predicted molar refractivity (Wildman–Crippen MR) is 101 cm³/mol. The van der Waals surface area contributed by atoms with E-state index in [1.165, 1.54) is 16.8 Å². The molecule has 0 fully saturated rings. The average Bonchev–Trinajstić information content (AvgIpc) is 2.59. The Hall–Kier alpha value is -2.22. The second-order valence-corrected chi connectivity index (χ2v) is 6.87. The number of rotatable bonds is 2. The summed E-state index contributed by atoms with van der Waals surface area (Å²) in [5.41, 5.74) is 4.11. The zero-order chi connectivity index (χ0) is 15.8. The highest BCUT2D eigenvalue weighted by Crippen LogP contribution is 2.42. The van der Waals surface area contributed by atoms with Crippen molar-refractivity contribution in [2.75, 3.05) is 4.90 Å². The zero-order valence-electron chi connectivity index (χ0n) is 13.8. The first kappa shape index (κ1) is 14.4. The Morgan fingerprint density at radius 2 is 1.57 bits per heavy atom. The molecule has 2 aromatic carbocycles. The highest BCUT2D eigenvalue weighted by Gasteiger charge is 2.43. The van der Waals surface area contributed by atoms with Gasteiger partial charge in [-0.3, -0.25) is 0 Å². The van der Waals surface area contributed by atoms with Gasteiger partial charge in [-0.25, -0.2) is 0 Å². The first-order chi connectivity index (χ1) is 11.3. The largest absolute Gasteiger partial charge is 0.335 e. The van der Waals surface area contributed by atoms with Gasteiger partial charge in [0.15, 0.2) is 6.71 Å². The Kier molecular flexibility index (Phi) is 3.61. The number of para-hydroxylation sites is 2. The second kappa shape index (κ2) is 5.77. The van der Waals surface area contributed by atoms with Gasteiger partial charge in [0.25, 0.3) is 0 Å². The standard InChI is InChI=1S/C21H22BN/c1-16(2)22-18-12-6-8-14-20(18)23(17-10-4-3-5-11-17)21-15-9-7-13-19(21)22/h3-16,18,20H,1-2H3. The molecule has 1 nitrogen and oxygen atoms in total. The van der Waals surface area contributed by atoms with E-state index in [0.717, 1.165) is 0 Å². The quantitative estimate of drug-likeness (QED) is 0.719. The molecule has 0 saturated heterocycles. The molecule has 2 aliphatic rings. The third-order valence-corrected chi connectivity index (χ3v) is 5.17. The number of hydrogen-bond acceptors (Lipinski definition) is 1. The van der Waals surface area contributed by atoms with Gasteiger partial charge in [-0.2, -0.15) is 0 Å². The smallest absolute Gasteiger partial charge is 0.190 e. The minimum atomic E-state index is 0.393. The van der Waals surface area contributed by atoms with E-state index in [1.807, 2.05) is 0 Å². The summed E-state index contributed by atoms with van der Waals surface area (Å²) in [5.74, 6) is 1.15. The molecule has 2 aromatic rings. The number of anilines is 2. The molecule has 0 bridgehead atoms. The van der Waals surface area contributed by atoms with E-state index in [4.69, 9.17) is 0 Å². The van der Waals surface area contributed by atoms with Gasteiger partial charge in [0, 0.05) is 11.4 Å². The molecular formula is C21H22BN. The molecule has 0 radical (unpaired) electrons. The summed E-state index contributed by atoms with van der Waals surface area (Å²) in [5, 5.41) is 0. The van der Waals surface area contributed by atoms with Crippen molar-refractivity contribution in [3.05, 3.63) is 78.9 Å². The van der Waals surface area contributed by atoms with E-state index >= 15 is 0 Å². The summed E-state index contributed by atoms with van der Waals surface area (Å²) in [6, 6.07) is 20.1. The molecule has 2 atom stereocenters. The van der Waals surface area contributed by atoms with Crippen LogP contribution < -0.4 is 10.4 Å². The molecule has 1 heterocycles. The minimum Gasteiger partial charge on any atom is -0.335 e. The van der Waals surface area contributed by atoms with Crippen LogP contribution in [0.4, 0.5) is 11.4 Å². The molecule has 1 aliphatic carbocycles. The lowest BCUT2D eigenvalue weighted by Gasteiger charge is -2.46. The fourth-order valence-electron chi connectivity index (χ4n) is 4.26. The molecule has 0 amide bonds. The summed E-state index contributed by atoms with van der Waals surface area (Å²) < 4.78 is 0. The molecule has 0 spiro atoms. The molecule has 114 valence electrons. The zero-order valence-corrected chi connectivity index (χ0v) is 13.8. The molecule has 0 aromatic heterocycles. The number of fused-ring (bicyclic) bond motifs is 2. The summed E-state index contributed by atoms with van der Waals surface area (Å²) >= 11 is 0. The van der Waals surface area contributed by atoms with Gasteiger partial charge >= 0.3 is 0 Å². The van der Waals surface area contributed by atoms with E-state index in [-0.39, 0.29) is 0 Å². The van der Waals surface area contributed by atoms with Crippen LogP contribution in [0.25, 0.3) is 0 Å². The summed E-state index contributed by atoms with van der Waals surface area (Å²) in [6.45, 7) is 5.27. The van der Waals surface area contributed by atoms with E-state index in [9.17, 15) is 0 Å². The van der Waals surface area contributed by atoms with Gasteiger partial charge < -0.3 is 4.90 Å². The molecule has 2 unspecified atom stereocenters. The third-order valence-electron chi connectivity index (χ3n) is 5.17.